The van der Waals surface area contributed by atoms with Gasteiger partial charge in [-0.2, -0.15) is 5.26 Å². The molecular formula is C17H19N7OS. The lowest BCUT2D eigenvalue weighted by Crippen LogP contribution is -2.15. The number of hydrogen-bond donors (Lipinski definition) is 2. The Balaban J connectivity index is 1.40. The fourth-order valence-corrected chi connectivity index (χ4v) is 4.13. The van der Waals surface area contributed by atoms with Crippen molar-refractivity contribution in [2.24, 2.45) is 5.92 Å². The fourth-order valence-electron chi connectivity index (χ4n) is 3.42. The zero-order valence-electron chi connectivity index (χ0n) is 14.2. The predicted molar refractivity (Wildman–Crippen MR) is 96.8 cm³/mol. The molecule has 3 heterocycles. The van der Waals surface area contributed by atoms with Crippen molar-refractivity contribution in [3.05, 3.63) is 39.7 Å². The summed E-state index contributed by atoms with van der Waals surface area (Å²) < 4.78 is 1.26. The summed E-state index contributed by atoms with van der Waals surface area (Å²) in [6, 6.07) is 3.49. The molecule has 1 aliphatic carbocycles. The molecule has 9 heteroatoms. The summed E-state index contributed by atoms with van der Waals surface area (Å²) in [5, 5.41) is 19.7. The summed E-state index contributed by atoms with van der Waals surface area (Å²) >= 11 is 1.43. The third-order valence-corrected chi connectivity index (χ3v) is 5.68. The number of hydrogen-bond acceptors (Lipinski definition) is 6. The van der Waals surface area contributed by atoms with Crippen molar-refractivity contribution in [2.45, 2.75) is 49.4 Å². The van der Waals surface area contributed by atoms with Gasteiger partial charge in [-0.05, 0) is 12.3 Å². The number of nitrogens with zero attached hydrogens (tertiary/aromatic N) is 5. The van der Waals surface area contributed by atoms with E-state index in [0.29, 0.717) is 27.8 Å². The van der Waals surface area contributed by atoms with Gasteiger partial charge in [0.1, 0.15) is 17.5 Å². The van der Waals surface area contributed by atoms with E-state index in [-0.39, 0.29) is 5.56 Å². The minimum absolute atomic E-state index is 0.237. The van der Waals surface area contributed by atoms with Crippen molar-refractivity contribution in [1.29, 1.82) is 5.26 Å². The van der Waals surface area contributed by atoms with E-state index in [9.17, 15) is 4.79 Å². The Bertz CT molecular complexity index is 1010. The summed E-state index contributed by atoms with van der Waals surface area (Å²) in [5.74, 6) is 2.22. The van der Waals surface area contributed by atoms with E-state index < -0.39 is 0 Å². The van der Waals surface area contributed by atoms with Gasteiger partial charge in [0.05, 0.1) is 5.69 Å². The smallest absolute Gasteiger partial charge is 0.272 e. The molecule has 1 saturated carbocycles. The second kappa shape index (κ2) is 7.33. The maximum atomic E-state index is 12.1. The normalized spacial score (nSPS) is 14.9. The van der Waals surface area contributed by atoms with Gasteiger partial charge in [-0.25, -0.2) is 14.5 Å². The number of aromatic nitrogens is 6. The molecule has 1 fully saturated rings. The molecule has 0 spiro atoms. The SMILES string of the molecule is N#Cc1c[nH]n2c(=O)cc(CSc3n[nH]c(CCC4CCCC4)n3)nc12. The summed E-state index contributed by atoms with van der Waals surface area (Å²) in [7, 11) is 0. The Morgan fingerprint density at radius 2 is 2.19 bits per heavy atom. The van der Waals surface area contributed by atoms with E-state index in [4.69, 9.17) is 5.26 Å². The van der Waals surface area contributed by atoms with E-state index in [2.05, 4.69) is 25.3 Å². The van der Waals surface area contributed by atoms with E-state index in [1.165, 1.54) is 60.6 Å². The number of rotatable bonds is 6. The molecule has 0 bridgehead atoms. The molecule has 0 unspecified atom stereocenters. The van der Waals surface area contributed by atoms with Gasteiger partial charge in [-0.1, -0.05) is 37.4 Å². The number of H-pyrrole nitrogens is 2. The molecular weight excluding hydrogens is 350 g/mol. The van der Waals surface area contributed by atoms with Crippen LogP contribution in [0.1, 0.15) is 49.2 Å². The molecule has 1 aliphatic rings. The van der Waals surface area contributed by atoms with E-state index in [1.54, 1.807) is 0 Å². The minimum Gasteiger partial charge on any atom is -0.295 e. The lowest BCUT2D eigenvalue weighted by Gasteiger charge is -2.05. The molecule has 26 heavy (non-hydrogen) atoms. The monoisotopic (exact) mass is 369 g/mol. The van der Waals surface area contributed by atoms with Crippen LogP contribution >= 0.6 is 11.8 Å². The van der Waals surface area contributed by atoms with Gasteiger partial charge in [-0.3, -0.25) is 15.0 Å². The number of aryl methyl sites for hydroxylation is 1. The fraction of sp³-hybridized carbons (Fsp3) is 0.471. The van der Waals surface area contributed by atoms with Gasteiger partial charge in [0.15, 0.2) is 5.65 Å². The topological polar surface area (TPSA) is 116 Å². The first-order chi connectivity index (χ1) is 12.7. The molecule has 8 nitrogen and oxygen atoms in total. The average Bonchev–Trinajstić information content (AvgIpc) is 3.38. The van der Waals surface area contributed by atoms with Crippen LogP contribution in [-0.4, -0.2) is 29.8 Å². The van der Waals surface area contributed by atoms with Gasteiger partial charge in [-0.15, -0.1) is 5.10 Å². The van der Waals surface area contributed by atoms with Crippen LogP contribution in [0.25, 0.3) is 5.65 Å². The van der Waals surface area contributed by atoms with Crippen molar-refractivity contribution >= 4 is 17.4 Å². The first-order valence-electron chi connectivity index (χ1n) is 8.77. The first-order valence-corrected chi connectivity index (χ1v) is 9.76. The largest absolute Gasteiger partial charge is 0.295 e. The van der Waals surface area contributed by atoms with Crippen LogP contribution < -0.4 is 5.56 Å². The number of nitrogens with one attached hydrogen (secondary N) is 2. The molecule has 0 atom stereocenters. The highest BCUT2D eigenvalue weighted by molar-refractivity contribution is 7.98. The lowest BCUT2D eigenvalue weighted by atomic mass is 10.0. The Morgan fingerprint density at radius 3 is 3.00 bits per heavy atom. The summed E-state index contributed by atoms with van der Waals surface area (Å²) in [6.07, 6.45) is 8.96. The third kappa shape index (κ3) is 3.51. The lowest BCUT2D eigenvalue weighted by molar-refractivity contribution is 0.497. The van der Waals surface area contributed by atoms with E-state index >= 15 is 0 Å². The van der Waals surface area contributed by atoms with Crippen LogP contribution in [0.3, 0.4) is 0 Å². The van der Waals surface area contributed by atoms with Crippen LogP contribution in [0, 0.1) is 17.2 Å². The van der Waals surface area contributed by atoms with Crippen LogP contribution in [0.2, 0.25) is 0 Å². The summed E-state index contributed by atoms with van der Waals surface area (Å²) in [5.41, 5.74) is 1.07. The standard InChI is InChI=1S/C17H19N7OS/c18-8-12-9-19-24-15(25)7-13(20-16(12)24)10-26-17-21-14(22-23-17)6-5-11-3-1-2-4-11/h7,9,11,19H,1-6,10H2,(H,21,22,23). The number of nitriles is 1. The molecule has 0 aliphatic heterocycles. The quantitative estimate of drug-likeness (QED) is 0.645. The second-order valence-electron chi connectivity index (χ2n) is 6.59. The van der Waals surface area contributed by atoms with Crippen LogP contribution in [0.5, 0.6) is 0 Å². The number of aromatic amines is 2. The van der Waals surface area contributed by atoms with Crippen molar-refractivity contribution in [3.63, 3.8) is 0 Å². The third-order valence-electron chi connectivity index (χ3n) is 4.80. The molecule has 0 aromatic carbocycles. The van der Waals surface area contributed by atoms with Crippen molar-refractivity contribution in [3.8, 4) is 6.07 Å². The minimum atomic E-state index is -0.237. The van der Waals surface area contributed by atoms with Crippen LogP contribution in [-0.2, 0) is 12.2 Å². The Hall–Kier alpha value is -2.60. The van der Waals surface area contributed by atoms with Gasteiger partial charge in [0.25, 0.3) is 5.56 Å². The highest BCUT2D eigenvalue weighted by Crippen LogP contribution is 2.28. The maximum Gasteiger partial charge on any atom is 0.272 e. The molecule has 2 N–H and O–H groups in total. The van der Waals surface area contributed by atoms with Crippen molar-refractivity contribution < 1.29 is 0 Å². The average molecular weight is 369 g/mol. The van der Waals surface area contributed by atoms with E-state index in [1.807, 2.05) is 6.07 Å². The van der Waals surface area contributed by atoms with Crippen LogP contribution in [0.15, 0.2) is 22.2 Å². The van der Waals surface area contributed by atoms with Gasteiger partial charge in [0.2, 0.25) is 5.16 Å². The van der Waals surface area contributed by atoms with Crippen LogP contribution in [0.4, 0.5) is 0 Å². The summed E-state index contributed by atoms with van der Waals surface area (Å²) in [4.78, 5) is 21.0. The highest BCUT2D eigenvalue weighted by atomic mass is 32.2. The summed E-state index contributed by atoms with van der Waals surface area (Å²) in [6.45, 7) is 0. The Labute approximate surface area is 154 Å². The van der Waals surface area contributed by atoms with Gasteiger partial charge >= 0.3 is 0 Å². The molecule has 134 valence electrons. The molecule has 0 radical (unpaired) electrons. The molecule has 0 amide bonds. The number of fused-ring (bicyclic) bond motifs is 1. The number of thioether (sulfide) groups is 1. The van der Waals surface area contributed by atoms with Gasteiger partial charge < -0.3 is 0 Å². The molecule has 0 saturated heterocycles. The highest BCUT2D eigenvalue weighted by Gasteiger charge is 2.16. The van der Waals surface area contributed by atoms with Crippen molar-refractivity contribution in [1.82, 2.24) is 29.8 Å². The Morgan fingerprint density at radius 1 is 1.35 bits per heavy atom. The Kier molecular flexibility index (Phi) is 4.75. The second-order valence-corrected chi connectivity index (χ2v) is 7.53. The maximum absolute atomic E-state index is 12.1. The first kappa shape index (κ1) is 16.8. The van der Waals surface area contributed by atoms with Gasteiger partial charge in [0, 0.05) is 24.4 Å². The zero-order valence-corrected chi connectivity index (χ0v) is 15.1. The molecule has 3 aromatic heterocycles. The predicted octanol–water partition coefficient (Wildman–Crippen LogP) is 2.43. The molecule has 4 rings (SSSR count). The molecule has 3 aromatic rings. The van der Waals surface area contributed by atoms with E-state index in [0.717, 1.165) is 18.2 Å². The zero-order chi connectivity index (χ0) is 17.9. The van der Waals surface area contributed by atoms with Crippen molar-refractivity contribution in [2.75, 3.05) is 0 Å².